The first-order valence-electron chi connectivity index (χ1n) is 7.84. The summed E-state index contributed by atoms with van der Waals surface area (Å²) in [6, 6.07) is 8.46. The van der Waals surface area contributed by atoms with E-state index in [0.717, 1.165) is 12.1 Å². The van der Waals surface area contributed by atoms with E-state index in [1.165, 1.54) is 12.1 Å². The van der Waals surface area contributed by atoms with E-state index in [9.17, 15) is 18.0 Å². The molecule has 7 heteroatoms. The Morgan fingerprint density at radius 3 is 2.58 bits per heavy atom. The molecule has 0 aliphatic carbocycles. The van der Waals surface area contributed by atoms with E-state index in [0.29, 0.717) is 22.6 Å². The third kappa shape index (κ3) is 3.97. The van der Waals surface area contributed by atoms with Crippen molar-refractivity contribution in [2.45, 2.75) is 26.9 Å². The Balaban J connectivity index is 2.53. The van der Waals surface area contributed by atoms with Gasteiger partial charge in [-0.1, -0.05) is 6.07 Å². The molecule has 2 aromatic rings. The molecule has 0 amide bonds. The van der Waals surface area contributed by atoms with Crippen molar-refractivity contribution in [1.29, 1.82) is 5.26 Å². The number of benzene rings is 1. The number of rotatable bonds is 4. The Morgan fingerprint density at radius 1 is 1.31 bits per heavy atom. The third-order valence-electron chi connectivity index (χ3n) is 3.82. The molecule has 0 atom stereocenters. The van der Waals surface area contributed by atoms with Crippen molar-refractivity contribution in [3.8, 4) is 11.8 Å². The molecule has 1 aromatic heterocycles. The van der Waals surface area contributed by atoms with Gasteiger partial charge in [0.15, 0.2) is 0 Å². The molecule has 0 radical (unpaired) electrons. The van der Waals surface area contributed by atoms with Crippen LogP contribution in [-0.4, -0.2) is 17.1 Å². The Kier molecular flexibility index (Phi) is 5.56. The molecule has 0 bridgehead atoms. The molecule has 26 heavy (non-hydrogen) atoms. The van der Waals surface area contributed by atoms with Gasteiger partial charge in [-0.3, -0.25) is 0 Å². The average molecular weight is 362 g/mol. The zero-order valence-electron chi connectivity index (χ0n) is 14.5. The molecule has 0 aliphatic heterocycles. The topological polar surface area (TPSA) is 55.0 Å². The highest BCUT2D eigenvalue weighted by atomic mass is 19.4. The van der Waals surface area contributed by atoms with Crippen molar-refractivity contribution in [3.05, 3.63) is 58.4 Å². The molecule has 4 nitrogen and oxygen atoms in total. The Hall–Kier alpha value is -3.01. The van der Waals surface area contributed by atoms with Crippen LogP contribution in [0.5, 0.6) is 0 Å². The molecule has 0 spiro atoms. The maximum Gasteiger partial charge on any atom is 0.416 e. The van der Waals surface area contributed by atoms with Crippen molar-refractivity contribution in [2.75, 3.05) is 6.61 Å². The molecule has 1 heterocycles. The number of hydrogen-bond acceptors (Lipinski definition) is 3. The fourth-order valence-electron chi connectivity index (χ4n) is 2.65. The smallest absolute Gasteiger partial charge is 0.416 e. The SMILES string of the molecule is CCOC(=O)/C(C#N)=C/c1cc(C)n(-c2cccc(C(F)(F)F)c2)c1C. The second-order valence-electron chi connectivity index (χ2n) is 5.60. The predicted octanol–water partition coefficient (Wildman–Crippen LogP) is 4.58. The molecule has 0 saturated heterocycles. The van der Waals surface area contributed by atoms with Crippen LogP contribution in [0.25, 0.3) is 11.8 Å². The van der Waals surface area contributed by atoms with Crippen LogP contribution in [0.4, 0.5) is 13.2 Å². The number of nitriles is 1. The number of aryl methyl sites for hydroxylation is 1. The van der Waals surface area contributed by atoms with Crippen LogP contribution in [0.15, 0.2) is 35.9 Å². The number of halogens is 3. The number of carbonyl (C=O) groups excluding carboxylic acids is 1. The molecule has 136 valence electrons. The Bertz CT molecular complexity index is 902. The number of alkyl halides is 3. The molecule has 0 saturated carbocycles. The van der Waals surface area contributed by atoms with Crippen LogP contribution < -0.4 is 0 Å². The minimum Gasteiger partial charge on any atom is -0.462 e. The number of aromatic nitrogens is 1. The van der Waals surface area contributed by atoms with Crippen molar-refractivity contribution in [2.24, 2.45) is 0 Å². The first-order chi connectivity index (χ1) is 12.2. The number of hydrogen-bond donors (Lipinski definition) is 0. The molecule has 0 N–H and O–H groups in total. The quantitative estimate of drug-likeness (QED) is 0.454. The molecular formula is C19H17F3N2O2. The van der Waals surface area contributed by atoms with Gasteiger partial charge in [0.25, 0.3) is 0 Å². The van der Waals surface area contributed by atoms with Crippen LogP contribution in [-0.2, 0) is 15.7 Å². The van der Waals surface area contributed by atoms with E-state index >= 15 is 0 Å². The van der Waals surface area contributed by atoms with Crippen molar-refractivity contribution >= 4 is 12.0 Å². The number of carbonyl (C=O) groups is 1. The van der Waals surface area contributed by atoms with Gasteiger partial charge in [-0.2, -0.15) is 18.4 Å². The van der Waals surface area contributed by atoms with E-state index in [4.69, 9.17) is 10.00 Å². The lowest BCUT2D eigenvalue weighted by Gasteiger charge is -2.13. The zero-order valence-corrected chi connectivity index (χ0v) is 14.5. The van der Waals surface area contributed by atoms with Gasteiger partial charge in [0.1, 0.15) is 11.6 Å². The molecule has 0 fully saturated rings. The van der Waals surface area contributed by atoms with Gasteiger partial charge in [-0.25, -0.2) is 4.79 Å². The van der Waals surface area contributed by atoms with Gasteiger partial charge < -0.3 is 9.30 Å². The lowest BCUT2D eigenvalue weighted by Crippen LogP contribution is -2.07. The second kappa shape index (κ2) is 7.48. The van der Waals surface area contributed by atoms with Crippen LogP contribution >= 0.6 is 0 Å². The lowest BCUT2D eigenvalue weighted by atomic mass is 10.1. The van der Waals surface area contributed by atoms with Crippen LogP contribution in [0, 0.1) is 25.2 Å². The minimum absolute atomic E-state index is 0.140. The van der Waals surface area contributed by atoms with Gasteiger partial charge in [-0.15, -0.1) is 0 Å². The van der Waals surface area contributed by atoms with E-state index in [2.05, 4.69) is 0 Å². The van der Waals surface area contributed by atoms with Crippen molar-refractivity contribution in [3.63, 3.8) is 0 Å². The van der Waals surface area contributed by atoms with Crippen LogP contribution in [0.2, 0.25) is 0 Å². The van der Waals surface area contributed by atoms with Gasteiger partial charge >= 0.3 is 12.1 Å². The summed E-state index contributed by atoms with van der Waals surface area (Å²) < 4.78 is 45.3. The van der Waals surface area contributed by atoms with Crippen molar-refractivity contribution < 1.29 is 22.7 Å². The van der Waals surface area contributed by atoms with Crippen LogP contribution in [0.3, 0.4) is 0 Å². The zero-order chi connectivity index (χ0) is 19.5. The summed E-state index contributed by atoms with van der Waals surface area (Å²) in [7, 11) is 0. The van der Waals surface area contributed by atoms with E-state index in [-0.39, 0.29) is 12.2 Å². The summed E-state index contributed by atoms with van der Waals surface area (Å²) in [5.41, 5.74) is 1.28. The maximum atomic E-state index is 13.0. The normalized spacial score (nSPS) is 12.0. The van der Waals surface area contributed by atoms with E-state index < -0.39 is 17.7 Å². The first-order valence-corrected chi connectivity index (χ1v) is 7.84. The standard InChI is InChI=1S/C19H17F3N2O2/c1-4-26-18(25)15(11-23)9-14-8-12(2)24(13(14)3)17-7-5-6-16(10-17)19(20,21)22/h5-10H,4H2,1-3H3/b15-9+. The highest BCUT2D eigenvalue weighted by molar-refractivity contribution is 5.98. The predicted molar refractivity (Wildman–Crippen MR) is 90.5 cm³/mol. The largest absolute Gasteiger partial charge is 0.462 e. The monoisotopic (exact) mass is 362 g/mol. The van der Waals surface area contributed by atoms with Gasteiger partial charge in [0.05, 0.1) is 12.2 Å². The summed E-state index contributed by atoms with van der Waals surface area (Å²) in [6.07, 6.45) is -3.06. The summed E-state index contributed by atoms with van der Waals surface area (Å²) in [6.45, 7) is 5.22. The first kappa shape index (κ1) is 19.3. The molecule has 2 rings (SSSR count). The Morgan fingerprint density at radius 2 is 2.00 bits per heavy atom. The number of nitrogens with zero attached hydrogens (tertiary/aromatic N) is 2. The highest BCUT2D eigenvalue weighted by Gasteiger charge is 2.30. The van der Waals surface area contributed by atoms with Crippen molar-refractivity contribution in [1.82, 2.24) is 4.57 Å². The summed E-state index contributed by atoms with van der Waals surface area (Å²) in [5, 5.41) is 9.14. The van der Waals surface area contributed by atoms with Gasteiger partial charge in [0, 0.05) is 17.1 Å². The second-order valence-corrected chi connectivity index (χ2v) is 5.60. The van der Waals surface area contributed by atoms with E-state index in [1.807, 2.05) is 0 Å². The summed E-state index contributed by atoms with van der Waals surface area (Å²) in [5.74, 6) is -0.737. The summed E-state index contributed by atoms with van der Waals surface area (Å²) >= 11 is 0. The Labute approximate surface area is 149 Å². The fourth-order valence-corrected chi connectivity index (χ4v) is 2.65. The average Bonchev–Trinajstić information content (AvgIpc) is 2.85. The summed E-state index contributed by atoms with van der Waals surface area (Å²) in [4.78, 5) is 11.8. The maximum absolute atomic E-state index is 13.0. The fraction of sp³-hybridized carbons (Fsp3) is 0.263. The van der Waals surface area contributed by atoms with E-state index in [1.54, 1.807) is 43.5 Å². The number of esters is 1. The van der Waals surface area contributed by atoms with Gasteiger partial charge in [0.2, 0.25) is 0 Å². The van der Waals surface area contributed by atoms with Gasteiger partial charge in [-0.05, 0) is 56.7 Å². The molecule has 0 aliphatic rings. The number of ether oxygens (including phenoxy) is 1. The molecular weight excluding hydrogens is 345 g/mol. The molecule has 0 unspecified atom stereocenters. The molecule has 1 aromatic carbocycles. The highest BCUT2D eigenvalue weighted by Crippen LogP contribution is 2.31. The third-order valence-corrected chi connectivity index (χ3v) is 3.82. The lowest BCUT2D eigenvalue weighted by molar-refractivity contribution is -0.138. The van der Waals surface area contributed by atoms with Crippen LogP contribution in [0.1, 0.15) is 29.4 Å². The minimum atomic E-state index is -4.44.